The molecule has 0 saturated carbocycles. The van der Waals surface area contributed by atoms with Crippen LogP contribution in [0.2, 0.25) is 10.0 Å². The number of piperidine rings is 1. The number of carbonyl (C=O) groups excluding carboxylic acids is 1. The Kier molecular flexibility index (Phi) is 7.40. The summed E-state index contributed by atoms with van der Waals surface area (Å²) in [7, 11) is 0. The molecule has 0 bridgehead atoms. The van der Waals surface area contributed by atoms with E-state index in [1.807, 2.05) is 0 Å². The number of rotatable bonds is 7. The zero-order valence-corrected chi connectivity index (χ0v) is 22.3. The monoisotopic (exact) mass is 570 g/mol. The van der Waals surface area contributed by atoms with Crippen molar-refractivity contribution < 1.29 is 14.5 Å². The Morgan fingerprint density at radius 3 is 2.79 bits per heavy atom. The molecule has 1 unspecified atom stereocenters. The molecule has 39 heavy (non-hydrogen) atoms. The van der Waals surface area contributed by atoms with E-state index in [2.05, 4.69) is 20.3 Å². The Morgan fingerprint density at radius 2 is 2.08 bits per heavy atom. The summed E-state index contributed by atoms with van der Waals surface area (Å²) in [6.07, 6.45) is 3.38. The number of nitrogens with zero attached hydrogens (tertiary/aromatic N) is 6. The van der Waals surface area contributed by atoms with Gasteiger partial charge in [0.05, 0.1) is 28.4 Å². The molecule has 1 saturated heterocycles. The third kappa shape index (κ3) is 5.52. The molecule has 0 amide bonds. The van der Waals surface area contributed by atoms with Crippen molar-refractivity contribution in [2.75, 3.05) is 35.6 Å². The number of nitrogen functional groups attached to an aromatic ring is 1. The van der Waals surface area contributed by atoms with Gasteiger partial charge in [-0.05, 0) is 44.0 Å². The molecule has 0 radical (unpaired) electrons. The van der Waals surface area contributed by atoms with E-state index in [1.54, 1.807) is 41.9 Å². The number of hydrogen-bond donors (Lipinski definition) is 2. The van der Waals surface area contributed by atoms with Crippen LogP contribution in [0, 0.1) is 10.1 Å². The highest BCUT2D eigenvalue weighted by molar-refractivity contribution is 6.36. The number of nitro groups is 1. The van der Waals surface area contributed by atoms with Gasteiger partial charge in [0.2, 0.25) is 5.82 Å². The van der Waals surface area contributed by atoms with Gasteiger partial charge >= 0.3 is 11.7 Å². The first-order valence-corrected chi connectivity index (χ1v) is 12.9. The van der Waals surface area contributed by atoms with Crippen molar-refractivity contribution in [3.8, 4) is 11.3 Å². The van der Waals surface area contributed by atoms with Gasteiger partial charge in [-0.1, -0.05) is 23.2 Å². The van der Waals surface area contributed by atoms with Crippen LogP contribution in [-0.4, -0.2) is 56.2 Å². The van der Waals surface area contributed by atoms with E-state index in [0.29, 0.717) is 51.5 Å². The molecule has 4 heterocycles. The van der Waals surface area contributed by atoms with E-state index < -0.39 is 10.9 Å². The molecule has 202 valence electrons. The molecule has 1 aromatic carbocycles. The number of esters is 1. The van der Waals surface area contributed by atoms with Crippen molar-refractivity contribution in [1.29, 1.82) is 0 Å². The number of pyridine rings is 1. The second-order valence-corrected chi connectivity index (χ2v) is 9.78. The predicted molar refractivity (Wildman–Crippen MR) is 149 cm³/mol. The average Bonchev–Trinajstić information content (AvgIpc) is 3.33. The van der Waals surface area contributed by atoms with Crippen molar-refractivity contribution in [1.82, 2.24) is 19.6 Å². The van der Waals surface area contributed by atoms with Crippen LogP contribution >= 0.6 is 23.2 Å². The molecule has 5 rings (SSSR count). The van der Waals surface area contributed by atoms with Crippen molar-refractivity contribution in [2.45, 2.75) is 25.8 Å². The van der Waals surface area contributed by atoms with Gasteiger partial charge in [-0.25, -0.2) is 19.3 Å². The molecule has 3 aromatic heterocycles. The van der Waals surface area contributed by atoms with Crippen LogP contribution in [0.1, 0.15) is 30.3 Å². The number of fused-ring (bicyclic) bond motifs is 1. The highest BCUT2D eigenvalue weighted by atomic mass is 35.5. The molecule has 14 heteroatoms. The quantitative estimate of drug-likeness (QED) is 0.179. The Hall–Kier alpha value is -4.16. The van der Waals surface area contributed by atoms with Gasteiger partial charge in [-0.3, -0.25) is 10.1 Å². The molecule has 12 nitrogen and oxygen atoms in total. The average molecular weight is 571 g/mol. The molecular formula is C25H24Cl2N8O4. The lowest BCUT2D eigenvalue weighted by Gasteiger charge is -2.34. The smallest absolute Gasteiger partial charge is 0.358 e. The zero-order valence-electron chi connectivity index (χ0n) is 20.8. The number of hydrogen-bond acceptors (Lipinski definition) is 10. The lowest BCUT2D eigenvalue weighted by molar-refractivity contribution is -0.384. The number of nitrogens with one attached hydrogen (secondary N) is 1. The maximum atomic E-state index is 12.5. The van der Waals surface area contributed by atoms with Crippen molar-refractivity contribution in [3.05, 3.63) is 68.4 Å². The standard InChI is InChI=1S/C25H24Cl2N8O4/c1-2-39-25(36)18-11-21-24(30-19(13-34(21)32-18)16-6-5-14(26)10-17(16)27)33-9-3-4-15(12-33)29-22-8-7-20(35(37)38)23(28)31-22/h5-8,10-11,13,15H,2-4,9,12H2,1H3,(H3,28,29,31). The molecular weight excluding hydrogens is 547 g/mol. The van der Waals surface area contributed by atoms with Gasteiger partial charge in [0.1, 0.15) is 11.3 Å². The lowest BCUT2D eigenvalue weighted by atomic mass is 10.1. The number of carbonyl (C=O) groups is 1. The largest absolute Gasteiger partial charge is 0.461 e. The number of aromatic nitrogens is 4. The summed E-state index contributed by atoms with van der Waals surface area (Å²) < 4.78 is 6.75. The Bertz CT molecular complexity index is 1580. The van der Waals surface area contributed by atoms with Crippen LogP contribution in [0.4, 0.5) is 23.1 Å². The van der Waals surface area contributed by atoms with E-state index in [-0.39, 0.29) is 29.8 Å². The van der Waals surface area contributed by atoms with Crippen LogP contribution in [0.5, 0.6) is 0 Å². The van der Waals surface area contributed by atoms with E-state index in [9.17, 15) is 14.9 Å². The summed E-state index contributed by atoms with van der Waals surface area (Å²) in [5, 5.41) is 19.8. The van der Waals surface area contributed by atoms with Gasteiger partial charge in [0.15, 0.2) is 11.5 Å². The van der Waals surface area contributed by atoms with Gasteiger partial charge in [0, 0.05) is 41.9 Å². The summed E-state index contributed by atoms with van der Waals surface area (Å²) in [6.45, 7) is 3.20. The fourth-order valence-corrected chi connectivity index (χ4v) is 5.04. The molecule has 1 fully saturated rings. The number of benzene rings is 1. The third-order valence-electron chi connectivity index (χ3n) is 6.30. The summed E-state index contributed by atoms with van der Waals surface area (Å²) in [4.78, 5) is 34.1. The predicted octanol–water partition coefficient (Wildman–Crippen LogP) is 4.85. The first-order valence-electron chi connectivity index (χ1n) is 12.2. The summed E-state index contributed by atoms with van der Waals surface area (Å²) in [5.41, 5.74) is 7.54. The number of ether oxygens (including phenoxy) is 1. The Labute approximate surface area is 232 Å². The Balaban J connectivity index is 1.51. The molecule has 1 aliphatic heterocycles. The van der Waals surface area contributed by atoms with Crippen molar-refractivity contribution in [2.24, 2.45) is 0 Å². The van der Waals surface area contributed by atoms with Crippen LogP contribution in [0.15, 0.2) is 42.6 Å². The Morgan fingerprint density at radius 1 is 1.26 bits per heavy atom. The van der Waals surface area contributed by atoms with Gasteiger partial charge in [-0.2, -0.15) is 5.10 Å². The maximum Gasteiger partial charge on any atom is 0.358 e. The van der Waals surface area contributed by atoms with Gasteiger partial charge in [-0.15, -0.1) is 0 Å². The molecule has 4 aromatic rings. The second-order valence-electron chi connectivity index (χ2n) is 8.94. The van der Waals surface area contributed by atoms with Crippen LogP contribution in [0.25, 0.3) is 16.8 Å². The van der Waals surface area contributed by atoms with Crippen LogP contribution in [-0.2, 0) is 4.74 Å². The summed E-state index contributed by atoms with van der Waals surface area (Å²) in [5.74, 6) is 0.375. The fraction of sp³-hybridized carbons (Fsp3) is 0.280. The van der Waals surface area contributed by atoms with Gasteiger partial charge < -0.3 is 20.7 Å². The van der Waals surface area contributed by atoms with Crippen LogP contribution in [0.3, 0.4) is 0 Å². The zero-order chi connectivity index (χ0) is 27.7. The second kappa shape index (κ2) is 10.9. The van der Waals surface area contributed by atoms with E-state index in [0.717, 1.165) is 12.8 Å². The summed E-state index contributed by atoms with van der Waals surface area (Å²) in [6, 6.07) is 9.62. The molecule has 0 spiro atoms. The first-order chi connectivity index (χ1) is 18.7. The van der Waals surface area contributed by atoms with Gasteiger partial charge in [0.25, 0.3) is 0 Å². The normalized spacial score (nSPS) is 15.4. The molecule has 0 aliphatic carbocycles. The van der Waals surface area contributed by atoms with Crippen LogP contribution < -0.4 is 16.0 Å². The van der Waals surface area contributed by atoms with E-state index in [4.69, 9.17) is 38.7 Å². The fourth-order valence-electron chi connectivity index (χ4n) is 4.54. The SMILES string of the molecule is CCOC(=O)c1cc2c(N3CCCC(Nc4ccc([N+](=O)[O-])c(N)n4)C3)nc(-c3ccc(Cl)cc3Cl)cn2n1. The number of nitrogens with two attached hydrogens (primary N) is 1. The molecule has 3 N–H and O–H groups in total. The minimum Gasteiger partial charge on any atom is -0.461 e. The minimum absolute atomic E-state index is 0.0517. The highest BCUT2D eigenvalue weighted by Gasteiger charge is 2.26. The molecule has 1 aliphatic rings. The maximum absolute atomic E-state index is 12.5. The van der Waals surface area contributed by atoms with Crippen molar-refractivity contribution >= 4 is 57.8 Å². The van der Waals surface area contributed by atoms with Crippen molar-refractivity contribution in [3.63, 3.8) is 0 Å². The first kappa shape index (κ1) is 26.4. The number of halogens is 2. The third-order valence-corrected chi connectivity index (χ3v) is 6.85. The van der Waals surface area contributed by atoms with E-state index >= 15 is 0 Å². The number of anilines is 3. The highest BCUT2D eigenvalue weighted by Crippen LogP contribution is 2.33. The molecule has 1 atom stereocenters. The van der Waals surface area contributed by atoms with E-state index in [1.165, 1.54) is 12.1 Å². The summed E-state index contributed by atoms with van der Waals surface area (Å²) >= 11 is 12.6. The lowest BCUT2D eigenvalue weighted by Crippen LogP contribution is -2.43. The minimum atomic E-state index is -0.568. The topological polar surface area (TPSA) is 154 Å².